The van der Waals surface area contributed by atoms with Gasteiger partial charge < -0.3 is 10.2 Å². The number of aliphatic hydroxyl groups is 2. The molecule has 2 heteroatoms. The Kier molecular flexibility index (Phi) is 10.9. The maximum Gasteiger partial charge on any atom is 0.0537 e. The van der Waals surface area contributed by atoms with Crippen LogP contribution < -0.4 is 0 Å². The van der Waals surface area contributed by atoms with Crippen molar-refractivity contribution in [1.82, 2.24) is 0 Å². The highest BCUT2D eigenvalue weighted by Crippen LogP contribution is 2.10. The van der Waals surface area contributed by atoms with Crippen molar-refractivity contribution >= 4 is 0 Å². The lowest BCUT2D eigenvalue weighted by Crippen LogP contribution is -2.03. The van der Waals surface area contributed by atoms with Gasteiger partial charge in [0.2, 0.25) is 0 Å². The van der Waals surface area contributed by atoms with Crippen molar-refractivity contribution in [2.75, 3.05) is 6.61 Å². The number of unbranched alkanes of at least 4 members (excludes halogenated alkanes) is 6. The van der Waals surface area contributed by atoms with Gasteiger partial charge in [-0.2, -0.15) is 0 Å². The van der Waals surface area contributed by atoms with E-state index >= 15 is 0 Å². The van der Waals surface area contributed by atoms with Gasteiger partial charge in [0.05, 0.1) is 6.10 Å². The predicted molar refractivity (Wildman–Crippen MR) is 60.3 cm³/mol. The van der Waals surface area contributed by atoms with Gasteiger partial charge in [0.25, 0.3) is 0 Å². The second-order valence-electron chi connectivity index (χ2n) is 4.05. The van der Waals surface area contributed by atoms with Crippen LogP contribution in [0, 0.1) is 0 Å². The number of rotatable bonds is 10. The smallest absolute Gasteiger partial charge is 0.0537 e. The fraction of sp³-hybridized carbons (Fsp3) is 1.00. The molecular formula is C12H26O2. The molecule has 0 heterocycles. The van der Waals surface area contributed by atoms with Gasteiger partial charge in [-0.3, -0.25) is 0 Å². The summed E-state index contributed by atoms with van der Waals surface area (Å²) in [5, 5.41) is 17.9. The Labute approximate surface area is 88.3 Å². The third kappa shape index (κ3) is 10.0. The van der Waals surface area contributed by atoms with Crippen molar-refractivity contribution in [3.8, 4) is 0 Å². The molecule has 86 valence electrons. The molecule has 0 aromatic carbocycles. The summed E-state index contributed by atoms with van der Waals surface area (Å²) in [5.41, 5.74) is 0. The molecule has 0 unspecified atom stereocenters. The second-order valence-corrected chi connectivity index (χ2v) is 4.05. The normalized spacial score (nSPS) is 13.1. The summed E-state index contributed by atoms with van der Waals surface area (Å²) in [6.45, 7) is 2.36. The van der Waals surface area contributed by atoms with Crippen LogP contribution in [-0.2, 0) is 0 Å². The highest BCUT2D eigenvalue weighted by Gasteiger charge is 1.99. The molecule has 0 aliphatic heterocycles. The summed E-state index contributed by atoms with van der Waals surface area (Å²) in [4.78, 5) is 0. The van der Waals surface area contributed by atoms with Gasteiger partial charge in [-0.1, -0.05) is 45.4 Å². The summed E-state index contributed by atoms with van der Waals surface area (Å²) >= 11 is 0. The summed E-state index contributed by atoms with van der Waals surface area (Å²) in [6.07, 6.45) is 10.1. The molecule has 0 aromatic heterocycles. The molecule has 2 nitrogen and oxygen atoms in total. The van der Waals surface area contributed by atoms with E-state index in [0.29, 0.717) is 6.61 Å². The van der Waals surface area contributed by atoms with Crippen LogP contribution in [0.15, 0.2) is 0 Å². The van der Waals surface area contributed by atoms with E-state index in [4.69, 9.17) is 5.11 Å². The molecule has 0 radical (unpaired) electrons. The number of hydrogen-bond donors (Lipinski definition) is 2. The molecule has 0 aliphatic rings. The van der Waals surface area contributed by atoms with Gasteiger partial charge in [0.1, 0.15) is 0 Å². The van der Waals surface area contributed by atoms with Crippen LogP contribution in [0.4, 0.5) is 0 Å². The highest BCUT2D eigenvalue weighted by molar-refractivity contribution is 4.53. The van der Waals surface area contributed by atoms with Crippen molar-refractivity contribution in [3.05, 3.63) is 0 Å². The SMILES string of the molecule is CC[C@H](O)CCCCCCCCCO. The van der Waals surface area contributed by atoms with Gasteiger partial charge in [-0.25, -0.2) is 0 Å². The van der Waals surface area contributed by atoms with E-state index in [1.54, 1.807) is 0 Å². The molecule has 0 rings (SSSR count). The van der Waals surface area contributed by atoms with E-state index in [-0.39, 0.29) is 6.10 Å². The molecule has 2 N–H and O–H groups in total. The minimum Gasteiger partial charge on any atom is -0.396 e. The number of aliphatic hydroxyl groups excluding tert-OH is 2. The molecule has 0 saturated heterocycles. The van der Waals surface area contributed by atoms with Crippen molar-refractivity contribution < 1.29 is 10.2 Å². The Balaban J connectivity index is 2.92. The first-order chi connectivity index (χ1) is 6.81. The van der Waals surface area contributed by atoms with E-state index in [0.717, 1.165) is 32.1 Å². The molecule has 14 heavy (non-hydrogen) atoms. The van der Waals surface area contributed by atoms with Crippen LogP contribution in [0.1, 0.15) is 64.7 Å². The van der Waals surface area contributed by atoms with Crippen LogP contribution in [0.2, 0.25) is 0 Å². The van der Waals surface area contributed by atoms with E-state index in [2.05, 4.69) is 0 Å². The third-order valence-electron chi connectivity index (χ3n) is 2.67. The zero-order valence-electron chi connectivity index (χ0n) is 9.54. The first-order valence-corrected chi connectivity index (χ1v) is 6.10. The van der Waals surface area contributed by atoms with Crippen molar-refractivity contribution in [1.29, 1.82) is 0 Å². The fourth-order valence-electron chi connectivity index (χ4n) is 1.58. The van der Waals surface area contributed by atoms with E-state index in [1.807, 2.05) is 6.92 Å². The average molecular weight is 202 g/mol. The molecule has 0 aromatic rings. The van der Waals surface area contributed by atoms with Crippen LogP contribution in [0.25, 0.3) is 0 Å². The van der Waals surface area contributed by atoms with Gasteiger partial charge in [0, 0.05) is 6.61 Å². The van der Waals surface area contributed by atoms with Crippen molar-refractivity contribution in [2.24, 2.45) is 0 Å². The maximum atomic E-state index is 9.30. The lowest BCUT2D eigenvalue weighted by atomic mass is 10.1. The molecule has 1 atom stereocenters. The van der Waals surface area contributed by atoms with Crippen molar-refractivity contribution in [2.45, 2.75) is 70.8 Å². The van der Waals surface area contributed by atoms with E-state index in [9.17, 15) is 5.11 Å². The summed E-state index contributed by atoms with van der Waals surface area (Å²) in [7, 11) is 0. The van der Waals surface area contributed by atoms with Crippen LogP contribution in [-0.4, -0.2) is 22.9 Å². The standard InChI is InChI=1S/C12H26O2/c1-2-12(14)10-8-6-4-3-5-7-9-11-13/h12-14H,2-11H2,1H3/t12-/m0/s1. The Bertz CT molecular complexity index is 104. The highest BCUT2D eigenvalue weighted by atomic mass is 16.3. The molecule has 0 spiro atoms. The summed E-state index contributed by atoms with van der Waals surface area (Å²) in [6, 6.07) is 0. The van der Waals surface area contributed by atoms with E-state index in [1.165, 1.54) is 25.7 Å². The number of hydrogen-bond acceptors (Lipinski definition) is 2. The van der Waals surface area contributed by atoms with E-state index < -0.39 is 0 Å². The average Bonchev–Trinajstić information content (AvgIpc) is 2.21. The van der Waals surface area contributed by atoms with Gasteiger partial charge in [-0.05, 0) is 19.3 Å². The molecule has 0 saturated carbocycles. The van der Waals surface area contributed by atoms with Crippen molar-refractivity contribution in [3.63, 3.8) is 0 Å². The first-order valence-electron chi connectivity index (χ1n) is 6.10. The fourth-order valence-corrected chi connectivity index (χ4v) is 1.58. The van der Waals surface area contributed by atoms with Gasteiger partial charge in [0.15, 0.2) is 0 Å². The van der Waals surface area contributed by atoms with Gasteiger partial charge >= 0.3 is 0 Å². The lowest BCUT2D eigenvalue weighted by molar-refractivity contribution is 0.156. The monoisotopic (exact) mass is 202 g/mol. The predicted octanol–water partition coefficient (Wildman–Crippen LogP) is 2.87. The first kappa shape index (κ1) is 13.9. The maximum absolute atomic E-state index is 9.30. The molecular weight excluding hydrogens is 176 g/mol. The molecule has 0 fully saturated rings. The van der Waals surface area contributed by atoms with Crippen LogP contribution in [0.3, 0.4) is 0 Å². The van der Waals surface area contributed by atoms with Crippen LogP contribution in [0.5, 0.6) is 0 Å². The summed E-state index contributed by atoms with van der Waals surface area (Å²) < 4.78 is 0. The zero-order valence-corrected chi connectivity index (χ0v) is 9.54. The quantitative estimate of drug-likeness (QED) is 0.535. The second kappa shape index (κ2) is 11.0. The molecule has 0 aliphatic carbocycles. The lowest BCUT2D eigenvalue weighted by Gasteiger charge is -2.06. The van der Waals surface area contributed by atoms with Gasteiger partial charge in [-0.15, -0.1) is 0 Å². The summed E-state index contributed by atoms with van der Waals surface area (Å²) in [5.74, 6) is 0. The Morgan fingerprint density at radius 1 is 0.857 bits per heavy atom. The molecule has 0 bridgehead atoms. The minimum absolute atomic E-state index is 0.0793. The van der Waals surface area contributed by atoms with Crippen LogP contribution >= 0.6 is 0 Å². The molecule has 0 amide bonds. The Morgan fingerprint density at radius 3 is 1.86 bits per heavy atom. The Hall–Kier alpha value is -0.0800. The zero-order chi connectivity index (χ0) is 10.6. The largest absolute Gasteiger partial charge is 0.396 e. The third-order valence-corrected chi connectivity index (χ3v) is 2.67. The minimum atomic E-state index is -0.0793. The Morgan fingerprint density at radius 2 is 1.36 bits per heavy atom. The topological polar surface area (TPSA) is 40.5 Å².